The summed E-state index contributed by atoms with van der Waals surface area (Å²) in [6, 6.07) is -1.23. The minimum atomic E-state index is -2.90. The average molecular weight is 493 g/mol. The largest absolute Gasteiger partial charge is 0.382 e. The van der Waals surface area contributed by atoms with Gasteiger partial charge in [-0.2, -0.15) is 0 Å². The molecule has 2 heterocycles. The number of nitrogens with two attached hydrogens (primary N) is 1. The molecule has 0 spiro atoms. The summed E-state index contributed by atoms with van der Waals surface area (Å²) in [4.78, 5) is 30.2. The SMILES string of the molecule is COCC(c1cnc(NC(=O)[C@@H](N)C2CCC(C)CC2)s1)N1CC(F)(F)CCC1=C=O.Cl. The fourth-order valence-corrected chi connectivity index (χ4v) is 5.22. The van der Waals surface area contributed by atoms with Crippen molar-refractivity contribution in [2.45, 2.75) is 63.5 Å². The van der Waals surface area contributed by atoms with Gasteiger partial charge in [0.15, 0.2) is 5.13 Å². The Balaban J connectivity index is 0.00000363. The number of hydrogen-bond donors (Lipinski definition) is 2. The molecular formula is C21H31ClF2N4O3S. The maximum Gasteiger partial charge on any atom is 0.265 e. The second-order valence-corrected chi connectivity index (χ2v) is 9.67. The zero-order valence-electron chi connectivity index (χ0n) is 18.3. The molecule has 1 saturated carbocycles. The molecule has 1 aliphatic heterocycles. The van der Waals surface area contributed by atoms with E-state index in [1.165, 1.54) is 29.5 Å². The molecule has 1 saturated heterocycles. The van der Waals surface area contributed by atoms with Crippen LogP contribution in [0.15, 0.2) is 11.9 Å². The lowest BCUT2D eigenvalue weighted by atomic mass is 9.79. The molecule has 2 fully saturated rings. The van der Waals surface area contributed by atoms with E-state index in [0.717, 1.165) is 25.7 Å². The number of amides is 1. The standard InChI is InChI=1S/C21H30F2N4O3S.ClH/c1-13-3-5-14(6-4-13)18(24)19(29)26-20-25-9-17(31-20)16(11-30-2)27-12-21(22,23)8-7-15(27)10-28;/h9,13-14,16,18H,3-8,11-12,24H2,1-2H3,(H,25,26,29);1H/t13?,14?,16?,18-;/m0./s1. The lowest BCUT2D eigenvalue weighted by Crippen LogP contribution is -2.44. The zero-order chi connectivity index (χ0) is 22.6. The molecule has 0 aromatic carbocycles. The summed E-state index contributed by atoms with van der Waals surface area (Å²) in [5, 5.41) is 3.11. The number of rotatable bonds is 7. The molecule has 1 aliphatic carbocycles. The van der Waals surface area contributed by atoms with Gasteiger partial charge in [0.05, 0.1) is 35.8 Å². The van der Waals surface area contributed by atoms with E-state index in [1.54, 1.807) is 5.94 Å². The molecule has 180 valence electrons. The van der Waals surface area contributed by atoms with E-state index < -0.39 is 24.6 Å². The van der Waals surface area contributed by atoms with E-state index in [4.69, 9.17) is 10.5 Å². The summed E-state index contributed by atoms with van der Waals surface area (Å²) in [5.41, 5.74) is 6.38. The summed E-state index contributed by atoms with van der Waals surface area (Å²) >= 11 is 1.17. The second kappa shape index (κ2) is 11.5. The Labute approximate surface area is 197 Å². The van der Waals surface area contributed by atoms with Crippen LogP contribution in [0, 0.1) is 11.8 Å². The third-order valence-electron chi connectivity index (χ3n) is 6.25. The molecule has 3 rings (SSSR count). The highest BCUT2D eigenvalue weighted by Gasteiger charge is 2.41. The quantitative estimate of drug-likeness (QED) is 0.562. The average Bonchev–Trinajstić information content (AvgIpc) is 3.19. The van der Waals surface area contributed by atoms with E-state index >= 15 is 0 Å². The molecule has 1 aromatic rings. The van der Waals surface area contributed by atoms with Crippen molar-refractivity contribution < 1.29 is 23.1 Å². The number of methoxy groups -OCH3 is 1. The van der Waals surface area contributed by atoms with Crippen LogP contribution in [-0.2, 0) is 14.3 Å². The first kappa shape index (κ1) is 26.7. The number of aromatic nitrogens is 1. The molecule has 0 radical (unpaired) electrons. The van der Waals surface area contributed by atoms with Gasteiger partial charge in [-0.3, -0.25) is 4.79 Å². The van der Waals surface area contributed by atoms with Gasteiger partial charge in [0.2, 0.25) is 5.91 Å². The molecular weight excluding hydrogens is 462 g/mol. The summed E-state index contributed by atoms with van der Waals surface area (Å²) in [6.45, 7) is 1.71. The smallest absolute Gasteiger partial charge is 0.265 e. The number of carbonyl (C=O) groups excluding carboxylic acids is 2. The summed E-state index contributed by atoms with van der Waals surface area (Å²) in [6.07, 6.45) is 5.09. The third kappa shape index (κ3) is 6.48. The number of allylic oxidation sites excluding steroid dienone is 1. The van der Waals surface area contributed by atoms with E-state index in [1.807, 2.05) is 0 Å². The van der Waals surface area contributed by atoms with Gasteiger partial charge in [0, 0.05) is 26.1 Å². The highest BCUT2D eigenvalue weighted by atomic mass is 35.5. The molecule has 11 heteroatoms. The third-order valence-corrected chi connectivity index (χ3v) is 7.26. The van der Waals surface area contributed by atoms with Crippen LogP contribution in [0.5, 0.6) is 0 Å². The molecule has 1 amide bonds. The van der Waals surface area contributed by atoms with Gasteiger partial charge >= 0.3 is 0 Å². The number of hydrogen-bond acceptors (Lipinski definition) is 7. The maximum absolute atomic E-state index is 14.0. The van der Waals surface area contributed by atoms with Crippen molar-refractivity contribution in [3.63, 3.8) is 0 Å². The molecule has 7 nitrogen and oxygen atoms in total. The normalized spacial score (nSPS) is 24.8. The number of likely N-dealkylation sites (tertiary alicyclic amines) is 1. The van der Waals surface area contributed by atoms with Gasteiger partial charge in [0.1, 0.15) is 5.94 Å². The van der Waals surface area contributed by atoms with Crippen LogP contribution in [0.25, 0.3) is 0 Å². The Bertz CT molecular complexity index is 826. The number of ether oxygens (including phenoxy) is 1. The lowest BCUT2D eigenvalue weighted by Gasteiger charge is -2.39. The van der Waals surface area contributed by atoms with Crippen LogP contribution in [0.1, 0.15) is 56.4 Å². The summed E-state index contributed by atoms with van der Waals surface area (Å²) in [5.74, 6) is -0.588. The maximum atomic E-state index is 14.0. The van der Waals surface area contributed by atoms with E-state index in [9.17, 15) is 18.4 Å². The fraction of sp³-hybridized carbons (Fsp3) is 0.714. The van der Waals surface area contributed by atoms with Crippen molar-refractivity contribution in [1.29, 1.82) is 0 Å². The molecule has 1 aromatic heterocycles. The number of nitrogens with one attached hydrogen (secondary N) is 1. The fourth-order valence-electron chi connectivity index (χ4n) is 4.31. The molecule has 0 bridgehead atoms. The van der Waals surface area contributed by atoms with Gasteiger partial charge in [-0.25, -0.2) is 18.6 Å². The highest BCUT2D eigenvalue weighted by molar-refractivity contribution is 7.15. The van der Waals surface area contributed by atoms with Gasteiger partial charge < -0.3 is 20.7 Å². The number of halogens is 3. The second-order valence-electron chi connectivity index (χ2n) is 8.61. The van der Waals surface area contributed by atoms with Crippen molar-refractivity contribution in [3.8, 4) is 0 Å². The van der Waals surface area contributed by atoms with E-state index in [-0.39, 0.29) is 49.4 Å². The number of alkyl halides is 2. The van der Waals surface area contributed by atoms with Crippen LogP contribution in [0.2, 0.25) is 0 Å². The van der Waals surface area contributed by atoms with Gasteiger partial charge in [-0.15, -0.1) is 12.4 Å². The van der Waals surface area contributed by atoms with Gasteiger partial charge in [0.25, 0.3) is 5.92 Å². The molecule has 3 N–H and O–H groups in total. The Morgan fingerprint density at radius 1 is 1.44 bits per heavy atom. The van der Waals surface area contributed by atoms with E-state index in [2.05, 4.69) is 17.2 Å². The van der Waals surface area contributed by atoms with Crippen LogP contribution in [0.4, 0.5) is 13.9 Å². The van der Waals surface area contributed by atoms with Crippen LogP contribution >= 0.6 is 23.7 Å². The molecule has 2 aliphatic rings. The number of anilines is 1. The summed E-state index contributed by atoms with van der Waals surface area (Å²) in [7, 11) is 1.47. The van der Waals surface area contributed by atoms with Crippen molar-refractivity contribution in [1.82, 2.24) is 9.88 Å². The van der Waals surface area contributed by atoms with E-state index in [0.29, 0.717) is 15.9 Å². The van der Waals surface area contributed by atoms with Gasteiger partial charge in [-0.1, -0.05) is 31.1 Å². The van der Waals surface area contributed by atoms with Crippen molar-refractivity contribution in [2.75, 3.05) is 25.6 Å². The first-order chi connectivity index (χ1) is 14.7. The Kier molecular flexibility index (Phi) is 9.60. The predicted octanol–water partition coefficient (Wildman–Crippen LogP) is 3.79. The Morgan fingerprint density at radius 3 is 2.75 bits per heavy atom. The monoisotopic (exact) mass is 492 g/mol. The Hall–Kier alpha value is -1.58. The summed E-state index contributed by atoms with van der Waals surface area (Å²) < 4.78 is 33.3. The molecule has 32 heavy (non-hydrogen) atoms. The van der Waals surface area contributed by atoms with Crippen LogP contribution in [0.3, 0.4) is 0 Å². The number of piperidine rings is 1. The minimum absolute atomic E-state index is 0. The Morgan fingerprint density at radius 2 is 2.12 bits per heavy atom. The topological polar surface area (TPSA) is 97.5 Å². The first-order valence-corrected chi connectivity index (χ1v) is 11.4. The predicted molar refractivity (Wildman–Crippen MR) is 122 cm³/mol. The number of thiazole rings is 1. The molecule has 2 atom stereocenters. The highest BCUT2D eigenvalue weighted by Crippen LogP contribution is 2.39. The lowest BCUT2D eigenvalue weighted by molar-refractivity contribution is -0.118. The number of carbonyl (C=O) groups is 1. The first-order valence-electron chi connectivity index (χ1n) is 10.6. The van der Waals surface area contributed by atoms with Crippen molar-refractivity contribution in [2.24, 2.45) is 17.6 Å². The van der Waals surface area contributed by atoms with Crippen molar-refractivity contribution >= 4 is 40.7 Å². The van der Waals surface area contributed by atoms with Crippen LogP contribution < -0.4 is 11.1 Å². The molecule has 1 unspecified atom stereocenters. The minimum Gasteiger partial charge on any atom is -0.382 e. The number of nitrogens with zero attached hydrogens (tertiary/aromatic N) is 2. The zero-order valence-corrected chi connectivity index (χ0v) is 19.9. The van der Waals surface area contributed by atoms with Gasteiger partial charge in [-0.05, 0) is 24.7 Å². The van der Waals surface area contributed by atoms with Crippen LogP contribution in [-0.4, -0.2) is 54.0 Å². The van der Waals surface area contributed by atoms with Crippen molar-refractivity contribution in [3.05, 3.63) is 16.8 Å².